The summed E-state index contributed by atoms with van der Waals surface area (Å²) in [5, 5.41) is -0.00790. The summed E-state index contributed by atoms with van der Waals surface area (Å²) in [6.07, 6.45) is 1.56. The van der Waals surface area contributed by atoms with Crippen molar-refractivity contribution in [1.29, 1.82) is 0 Å². The van der Waals surface area contributed by atoms with Crippen molar-refractivity contribution in [1.82, 2.24) is 9.80 Å². The van der Waals surface area contributed by atoms with Crippen LogP contribution in [0.1, 0.15) is 22.8 Å². The molecule has 0 N–H and O–H groups in total. The van der Waals surface area contributed by atoms with Crippen molar-refractivity contribution in [2.75, 3.05) is 39.5 Å². The molecule has 2 aliphatic heterocycles. The molecule has 0 atom stereocenters. The van der Waals surface area contributed by atoms with Gasteiger partial charge in [-0.1, -0.05) is 11.6 Å². The lowest BCUT2D eigenvalue weighted by molar-refractivity contribution is -0.139. The summed E-state index contributed by atoms with van der Waals surface area (Å²) in [5.74, 6) is -0.863. The van der Waals surface area contributed by atoms with E-state index >= 15 is 0 Å². The molecule has 4 rings (SSSR count). The van der Waals surface area contributed by atoms with E-state index in [0.717, 1.165) is 16.7 Å². The van der Waals surface area contributed by atoms with E-state index in [1.807, 2.05) is 22.6 Å². The molecular weight excluding hydrogens is 635 g/mol. The maximum Gasteiger partial charge on any atom is 0.343 e. The molecule has 0 spiro atoms. The predicted octanol–water partition coefficient (Wildman–Crippen LogP) is 4.46. The van der Waals surface area contributed by atoms with Gasteiger partial charge in [-0.25, -0.2) is 4.79 Å². The molecule has 0 radical (unpaired) electrons. The maximum atomic E-state index is 12.9. The first-order valence-corrected chi connectivity index (χ1v) is 13.6. The number of benzene rings is 2. The van der Waals surface area contributed by atoms with Gasteiger partial charge in [-0.15, -0.1) is 0 Å². The minimum Gasteiger partial charge on any atom is -0.490 e. The van der Waals surface area contributed by atoms with E-state index in [1.54, 1.807) is 54.3 Å². The number of nitrogens with zero attached hydrogens (tertiary/aromatic N) is 2. The van der Waals surface area contributed by atoms with Crippen LogP contribution < -0.4 is 9.47 Å². The Morgan fingerprint density at radius 2 is 1.86 bits per heavy atom. The summed E-state index contributed by atoms with van der Waals surface area (Å²) >= 11 is 8.67. The van der Waals surface area contributed by atoms with Crippen LogP contribution in [0, 0.1) is 3.57 Å². The van der Waals surface area contributed by atoms with Gasteiger partial charge in [-0.2, -0.15) is 0 Å². The van der Waals surface area contributed by atoms with Gasteiger partial charge in [0.25, 0.3) is 11.1 Å². The zero-order valence-corrected chi connectivity index (χ0v) is 23.4. The molecule has 0 unspecified atom stereocenters. The third-order valence-corrected chi connectivity index (χ3v) is 7.40. The molecule has 2 fully saturated rings. The normalized spacial score (nSPS) is 16.9. The number of thioether (sulfide) groups is 1. The van der Waals surface area contributed by atoms with Gasteiger partial charge in [0.2, 0.25) is 5.91 Å². The van der Waals surface area contributed by atoms with E-state index in [2.05, 4.69) is 0 Å². The number of hydrogen-bond acceptors (Lipinski definition) is 8. The van der Waals surface area contributed by atoms with Gasteiger partial charge < -0.3 is 19.1 Å². The van der Waals surface area contributed by atoms with E-state index in [1.165, 1.54) is 0 Å². The summed E-state index contributed by atoms with van der Waals surface area (Å²) in [6, 6.07) is 9.65. The minimum atomic E-state index is -0.575. The Morgan fingerprint density at radius 3 is 2.54 bits per heavy atom. The van der Waals surface area contributed by atoms with Gasteiger partial charge in [0, 0.05) is 18.1 Å². The van der Waals surface area contributed by atoms with Crippen LogP contribution in [0.2, 0.25) is 5.02 Å². The van der Waals surface area contributed by atoms with Gasteiger partial charge in [0.15, 0.2) is 11.5 Å². The Labute approximate surface area is 236 Å². The van der Waals surface area contributed by atoms with E-state index in [-0.39, 0.29) is 23.1 Å². The van der Waals surface area contributed by atoms with E-state index < -0.39 is 17.1 Å². The lowest BCUT2D eigenvalue weighted by Crippen LogP contribution is -2.46. The van der Waals surface area contributed by atoms with Crippen molar-refractivity contribution in [3.63, 3.8) is 0 Å². The van der Waals surface area contributed by atoms with Crippen LogP contribution in [0.4, 0.5) is 4.79 Å². The molecule has 12 heteroatoms. The van der Waals surface area contributed by atoms with Gasteiger partial charge >= 0.3 is 5.97 Å². The van der Waals surface area contributed by atoms with Gasteiger partial charge in [-0.3, -0.25) is 19.3 Å². The van der Waals surface area contributed by atoms with Crippen LogP contribution >= 0.6 is 46.0 Å². The molecule has 3 amide bonds. The van der Waals surface area contributed by atoms with E-state index in [0.29, 0.717) is 58.4 Å². The number of hydrogen-bond donors (Lipinski definition) is 0. The number of ether oxygens (including phenoxy) is 3. The van der Waals surface area contributed by atoms with E-state index in [9.17, 15) is 19.2 Å². The number of carbonyl (C=O) groups excluding carboxylic acids is 4. The first-order valence-electron chi connectivity index (χ1n) is 11.3. The fourth-order valence-corrected chi connectivity index (χ4v) is 5.31. The number of halogens is 2. The minimum absolute atomic E-state index is 0.184. The Balaban J connectivity index is 1.53. The Morgan fingerprint density at radius 1 is 1.16 bits per heavy atom. The molecule has 0 aliphatic carbocycles. The molecule has 9 nitrogen and oxygen atoms in total. The fourth-order valence-electron chi connectivity index (χ4n) is 3.61. The number of esters is 1. The van der Waals surface area contributed by atoms with Crippen molar-refractivity contribution in [2.45, 2.75) is 6.92 Å². The van der Waals surface area contributed by atoms with Crippen molar-refractivity contribution in [3.8, 4) is 11.5 Å². The smallest absolute Gasteiger partial charge is 0.343 e. The number of rotatable bonds is 7. The molecule has 0 aromatic heterocycles. The summed E-state index contributed by atoms with van der Waals surface area (Å²) in [5.41, 5.74) is 0.899. The summed E-state index contributed by atoms with van der Waals surface area (Å²) in [7, 11) is 0. The third-order valence-electron chi connectivity index (χ3n) is 5.43. The molecule has 0 saturated carbocycles. The first kappa shape index (κ1) is 27.4. The molecule has 2 aromatic carbocycles. The third kappa shape index (κ3) is 6.64. The quantitative estimate of drug-likeness (QED) is 0.186. The zero-order valence-electron chi connectivity index (χ0n) is 19.7. The SMILES string of the molecule is CCOc1cc(/C=C2\SC(=O)N(CC(=O)N3CCOCC3)C2=O)cc(I)c1OC(=O)c1ccc(Cl)cc1. The van der Waals surface area contributed by atoms with Crippen molar-refractivity contribution in [3.05, 3.63) is 61.0 Å². The monoisotopic (exact) mass is 656 g/mol. The summed E-state index contributed by atoms with van der Waals surface area (Å²) in [6.45, 7) is 3.51. The molecule has 0 bridgehead atoms. The van der Waals surface area contributed by atoms with Crippen molar-refractivity contribution < 1.29 is 33.4 Å². The van der Waals surface area contributed by atoms with Gasteiger partial charge in [0.1, 0.15) is 6.54 Å². The van der Waals surface area contributed by atoms with Crippen molar-refractivity contribution in [2.24, 2.45) is 0 Å². The summed E-state index contributed by atoms with van der Waals surface area (Å²) in [4.78, 5) is 53.4. The second kappa shape index (κ2) is 12.3. The van der Waals surface area contributed by atoms with Crippen LogP contribution in [0.25, 0.3) is 6.08 Å². The second-order valence-electron chi connectivity index (χ2n) is 7.92. The average molecular weight is 657 g/mol. The number of imide groups is 1. The molecule has 2 saturated heterocycles. The highest BCUT2D eigenvalue weighted by atomic mass is 127. The van der Waals surface area contributed by atoms with Gasteiger partial charge in [0.05, 0.1) is 33.9 Å². The topological polar surface area (TPSA) is 102 Å². The highest BCUT2D eigenvalue weighted by Crippen LogP contribution is 2.38. The van der Waals surface area contributed by atoms with Crippen LogP contribution in [0.3, 0.4) is 0 Å². The van der Waals surface area contributed by atoms with Crippen LogP contribution in [-0.2, 0) is 14.3 Å². The van der Waals surface area contributed by atoms with E-state index in [4.69, 9.17) is 25.8 Å². The number of amides is 3. The molecule has 2 aliphatic rings. The maximum absolute atomic E-state index is 12.9. The highest BCUT2D eigenvalue weighted by Gasteiger charge is 2.37. The first-order chi connectivity index (χ1) is 17.8. The standard InChI is InChI=1S/C25H22ClIN2O7S/c1-2-35-19-12-15(11-18(27)22(19)36-24(32)16-3-5-17(26)6-4-16)13-20-23(31)29(25(33)37-20)14-21(30)28-7-9-34-10-8-28/h3-6,11-13H,2,7-10,14H2,1H3/b20-13-. The molecule has 194 valence electrons. The van der Waals surface area contributed by atoms with Crippen LogP contribution in [0.5, 0.6) is 11.5 Å². The Hall–Kier alpha value is -2.61. The molecule has 2 aromatic rings. The molecule has 37 heavy (non-hydrogen) atoms. The zero-order chi connectivity index (χ0) is 26.5. The fraction of sp³-hybridized carbons (Fsp3) is 0.280. The largest absolute Gasteiger partial charge is 0.490 e. The summed E-state index contributed by atoms with van der Waals surface area (Å²) < 4.78 is 17.1. The van der Waals surface area contributed by atoms with Gasteiger partial charge in [-0.05, 0) is 89.3 Å². The van der Waals surface area contributed by atoms with Crippen LogP contribution in [-0.4, -0.2) is 72.3 Å². The highest BCUT2D eigenvalue weighted by molar-refractivity contribution is 14.1. The number of carbonyl (C=O) groups is 4. The predicted molar refractivity (Wildman–Crippen MR) is 147 cm³/mol. The lowest BCUT2D eigenvalue weighted by Gasteiger charge is -2.28. The Bertz CT molecular complexity index is 1260. The molecular formula is C25H22ClIN2O7S. The van der Waals surface area contributed by atoms with Crippen LogP contribution in [0.15, 0.2) is 41.3 Å². The second-order valence-corrected chi connectivity index (χ2v) is 10.5. The lowest BCUT2D eigenvalue weighted by atomic mass is 10.1. The van der Waals surface area contributed by atoms with Crippen molar-refractivity contribution >= 4 is 75.1 Å². The Kier molecular flexibility index (Phi) is 9.11. The number of morpholine rings is 1. The average Bonchev–Trinajstić information content (AvgIpc) is 3.14. The molecule has 2 heterocycles.